The molecule has 19 heavy (non-hydrogen) atoms. The van der Waals surface area contributed by atoms with Gasteiger partial charge in [-0.1, -0.05) is 23.2 Å². The summed E-state index contributed by atoms with van der Waals surface area (Å²) in [7, 11) is 0. The van der Waals surface area contributed by atoms with Crippen molar-refractivity contribution in [2.45, 2.75) is 25.6 Å². The summed E-state index contributed by atoms with van der Waals surface area (Å²) in [5.41, 5.74) is 0.215. The molecule has 1 aromatic rings. The van der Waals surface area contributed by atoms with Crippen LogP contribution in [0.1, 0.15) is 25.0 Å². The first kappa shape index (κ1) is 16.2. The van der Waals surface area contributed by atoms with E-state index in [1.165, 1.54) is 19.1 Å². The van der Waals surface area contributed by atoms with Crippen LogP contribution >= 0.6 is 23.2 Å². The molecule has 0 fully saturated rings. The zero-order chi connectivity index (χ0) is 14.6. The van der Waals surface area contributed by atoms with Gasteiger partial charge in [0.2, 0.25) is 5.91 Å². The van der Waals surface area contributed by atoms with Gasteiger partial charge in [-0.25, -0.2) is 4.39 Å². The number of rotatable bonds is 5. The van der Waals surface area contributed by atoms with Crippen LogP contribution < -0.4 is 5.32 Å². The minimum atomic E-state index is -1.26. The third-order valence-electron chi connectivity index (χ3n) is 2.53. The summed E-state index contributed by atoms with van der Waals surface area (Å²) in [5.74, 6) is -0.999. The van der Waals surface area contributed by atoms with Crippen LogP contribution in [-0.4, -0.2) is 28.8 Å². The lowest BCUT2D eigenvalue weighted by atomic mass is 10.0. The van der Waals surface area contributed by atoms with Gasteiger partial charge >= 0.3 is 0 Å². The molecule has 0 aliphatic carbocycles. The molecule has 0 saturated heterocycles. The van der Waals surface area contributed by atoms with Crippen LogP contribution in [0.5, 0.6) is 0 Å². The molecule has 2 atom stereocenters. The Morgan fingerprint density at radius 2 is 1.89 bits per heavy atom. The van der Waals surface area contributed by atoms with Gasteiger partial charge in [0, 0.05) is 13.5 Å². The number of carbonyl (C=O) groups excluding carboxylic acids is 1. The molecule has 4 nitrogen and oxygen atoms in total. The van der Waals surface area contributed by atoms with Gasteiger partial charge in [-0.15, -0.1) is 0 Å². The van der Waals surface area contributed by atoms with Gasteiger partial charge in [-0.2, -0.15) is 0 Å². The molecule has 0 aliphatic heterocycles. The van der Waals surface area contributed by atoms with E-state index in [2.05, 4.69) is 5.32 Å². The van der Waals surface area contributed by atoms with E-state index in [0.29, 0.717) is 0 Å². The molecule has 7 heteroatoms. The number of aliphatic hydroxyl groups excluding tert-OH is 2. The lowest BCUT2D eigenvalue weighted by Gasteiger charge is -2.19. The molecular weight excluding hydrogens is 296 g/mol. The van der Waals surface area contributed by atoms with Crippen molar-refractivity contribution in [3.05, 3.63) is 33.6 Å². The van der Waals surface area contributed by atoms with E-state index >= 15 is 0 Å². The summed E-state index contributed by atoms with van der Waals surface area (Å²) in [4.78, 5) is 10.7. The Labute approximate surface area is 120 Å². The van der Waals surface area contributed by atoms with Crippen molar-refractivity contribution in [2.24, 2.45) is 0 Å². The SMILES string of the molecule is CC(=O)NCCC(O)C(O)c1cc(Cl)c(F)c(Cl)c1. The van der Waals surface area contributed by atoms with E-state index < -0.39 is 18.0 Å². The average molecular weight is 310 g/mol. The van der Waals surface area contributed by atoms with Crippen LogP contribution in [0.4, 0.5) is 4.39 Å². The first-order valence-electron chi connectivity index (χ1n) is 5.58. The van der Waals surface area contributed by atoms with Gasteiger partial charge in [0.25, 0.3) is 0 Å². The normalized spacial score (nSPS) is 14.0. The molecule has 0 spiro atoms. The summed E-state index contributed by atoms with van der Waals surface area (Å²) in [5, 5.41) is 21.7. The smallest absolute Gasteiger partial charge is 0.216 e. The average Bonchev–Trinajstić information content (AvgIpc) is 2.33. The summed E-state index contributed by atoms with van der Waals surface area (Å²) in [6, 6.07) is 2.41. The quantitative estimate of drug-likeness (QED) is 0.729. The minimum absolute atomic E-state index is 0.146. The number of hydrogen-bond donors (Lipinski definition) is 3. The van der Waals surface area contributed by atoms with Crippen LogP contribution in [0.2, 0.25) is 10.0 Å². The number of benzene rings is 1. The highest BCUT2D eigenvalue weighted by atomic mass is 35.5. The summed E-state index contributed by atoms with van der Waals surface area (Å²) in [6.07, 6.45) is -2.23. The minimum Gasteiger partial charge on any atom is -0.390 e. The zero-order valence-electron chi connectivity index (χ0n) is 10.2. The van der Waals surface area contributed by atoms with Gasteiger partial charge in [0.1, 0.15) is 6.10 Å². The second-order valence-electron chi connectivity index (χ2n) is 4.08. The number of amides is 1. The third kappa shape index (κ3) is 4.62. The molecule has 0 saturated carbocycles. The number of nitrogens with one attached hydrogen (secondary N) is 1. The molecular formula is C12H14Cl2FNO3. The monoisotopic (exact) mass is 309 g/mol. The van der Waals surface area contributed by atoms with Crippen LogP contribution in [0, 0.1) is 5.82 Å². The van der Waals surface area contributed by atoms with Crippen molar-refractivity contribution in [1.82, 2.24) is 5.32 Å². The lowest BCUT2D eigenvalue weighted by Crippen LogP contribution is -2.27. The first-order chi connectivity index (χ1) is 8.82. The molecule has 0 radical (unpaired) electrons. The Kier molecular flexibility index (Phi) is 6.00. The van der Waals surface area contributed by atoms with E-state index in [0.717, 1.165) is 0 Å². The standard InChI is InChI=1S/C12H14Cl2FNO3/c1-6(17)16-3-2-10(18)12(19)7-4-8(13)11(15)9(14)5-7/h4-5,10,12,18-19H,2-3H2,1H3,(H,16,17). The van der Waals surface area contributed by atoms with Crippen molar-refractivity contribution in [2.75, 3.05) is 6.54 Å². The maximum atomic E-state index is 13.2. The molecule has 1 rings (SSSR count). The Balaban J connectivity index is 2.71. The highest BCUT2D eigenvalue weighted by Crippen LogP contribution is 2.29. The van der Waals surface area contributed by atoms with Crippen molar-refractivity contribution in [3.63, 3.8) is 0 Å². The van der Waals surface area contributed by atoms with Crippen LogP contribution in [0.25, 0.3) is 0 Å². The highest BCUT2D eigenvalue weighted by molar-refractivity contribution is 6.35. The van der Waals surface area contributed by atoms with Gasteiger partial charge in [0.15, 0.2) is 5.82 Å². The largest absolute Gasteiger partial charge is 0.390 e. The molecule has 0 aromatic heterocycles. The molecule has 1 aromatic carbocycles. The van der Waals surface area contributed by atoms with Crippen LogP contribution in [0.3, 0.4) is 0 Å². The molecule has 0 aliphatic rings. The van der Waals surface area contributed by atoms with Gasteiger partial charge in [-0.05, 0) is 24.1 Å². The van der Waals surface area contributed by atoms with Gasteiger partial charge in [-0.3, -0.25) is 4.79 Å². The Morgan fingerprint density at radius 3 is 2.37 bits per heavy atom. The topological polar surface area (TPSA) is 69.6 Å². The number of halogens is 3. The predicted molar refractivity (Wildman–Crippen MR) is 70.7 cm³/mol. The summed E-state index contributed by atoms with van der Waals surface area (Å²) >= 11 is 11.2. The molecule has 106 valence electrons. The van der Waals surface area contributed by atoms with E-state index in [1.54, 1.807) is 0 Å². The third-order valence-corrected chi connectivity index (χ3v) is 3.08. The van der Waals surface area contributed by atoms with Crippen molar-refractivity contribution >= 4 is 29.1 Å². The van der Waals surface area contributed by atoms with Gasteiger partial charge in [0.05, 0.1) is 16.1 Å². The van der Waals surface area contributed by atoms with Crippen molar-refractivity contribution < 1.29 is 19.4 Å². The van der Waals surface area contributed by atoms with Gasteiger partial charge < -0.3 is 15.5 Å². The van der Waals surface area contributed by atoms with E-state index in [4.69, 9.17) is 23.2 Å². The van der Waals surface area contributed by atoms with Crippen LogP contribution in [0.15, 0.2) is 12.1 Å². The second kappa shape index (κ2) is 7.05. The predicted octanol–water partition coefficient (Wildman–Crippen LogP) is 2.05. The highest BCUT2D eigenvalue weighted by Gasteiger charge is 2.20. The number of carbonyl (C=O) groups is 1. The fourth-order valence-electron chi connectivity index (χ4n) is 1.52. The maximum Gasteiger partial charge on any atom is 0.216 e. The summed E-state index contributed by atoms with van der Waals surface area (Å²) in [6.45, 7) is 1.57. The maximum absolute atomic E-state index is 13.2. The first-order valence-corrected chi connectivity index (χ1v) is 6.33. The van der Waals surface area contributed by atoms with E-state index in [1.807, 2.05) is 0 Å². The van der Waals surface area contributed by atoms with E-state index in [9.17, 15) is 19.4 Å². The zero-order valence-corrected chi connectivity index (χ0v) is 11.7. The fourth-order valence-corrected chi connectivity index (χ4v) is 2.03. The van der Waals surface area contributed by atoms with Crippen LogP contribution in [-0.2, 0) is 4.79 Å². The molecule has 0 heterocycles. The lowest BCUT2D eigenvalue weighted by molar-refractivity contribution is -0.119. The summed E-state index contributed by atoms with van der Waals surface area (Å²) < 4.78 is 13.2. The number of hydrogen-bond acceptors (Lipinski definition) is 3. The van der Waals surface area contributed by atoms with E-state index in [-0.39, 0.29) is 34.5 Å². The molecule has 0 bridgehead atoms. The fraction of sp³-hybridized carbons (Fsp3) is 0.417. The molecule has 1 amide bonds. The Hall–Kier alpha value is -0.880. The Morgan fingerprint density at radius 1 is 1.37 bits per heavy atom. The number of aliphatic hydroxyl groups is 2. The molecule has 3 N–H and O–H groups in total. The van der Waals surface area contributed by atoms with Crippen molar-refractivity contribution in [1.29, 1.82) is 0 Å². The molecule has 2 unspecified atom stereocenters. The Bertz CT molecular complexity index is 447. The second-order valence-corrected chi connectivity index (χ2v) is 4.90. The van der Waals surface area contributed by atoms with Crippen molar-refractivity contribution in [3.8, 4) is 0 Å².